The van der Waals surface area contributed by atoms with Gasteiger partial charge in [0.25, 0.3) is 0 Å². The van der Waals surface area contributed by atoms with E-state index in [0.717, 1.165) is 10.8 Å². The van der Waals surface area contributed by atoms with Crippen LogP contribution in [0.25, 0.3) is 10.8 Å². The zero-order valence-electron chi connectivity index (χ0n) is 13.1. The molecule has 3 aromatic carbocycles. The summed E-state index contributed by atoms with van der Waals surface area (Å²) in [6.45, 7) is 0. The fourth-order valence-corrected chi connectivity index (χ4v) is 2.96. The van der Waals surface area contributed by atoms with Crippen LogP contribution in [0.5, 0.6) is 5.75 Å². The number of fused-ring (bicyclic) bond motifs is 1. The Bertz CT molecular complexity index is 962. The summed E-state index contributed by atoms with van der Waals surface area (Å²) < 4.78 is 0. The Labute approximate surface area is 143 Å². The number of phenols is 1. The van der Waals surface area contributed by atoms with Crippen molar-refractivity contribution in [2.45, 2.75) is 12.3 Å². The highest BCUT2D eigenvalue weighted by atomic mass is 16.6. The van der Waals surface area contributed by atoms with E-state index in [2.05, 4.69) is 0 Å². The molecule has 0 aliphatic heterocycles. The maximum atomic E-state index is 11.9. The first-order valence-electron chi connectivity index (χ1n) is 7.64. The summed E-state index contributed by atoms with van der Waals surface area (Å²) in [5.41, 5.74) is 0.700. The number of hydrogen-bond acceptors (Lipinski definition) is 4. The van der Waals surface area contributed by atoms with Gasteiger partial charge in [-0.15, -0.1) is 0 Å². The van der Waals surface area contributed by atoms with Gasteiger partial charge in [-0.1, -0.05) is 48.5 Å². The lowest BCUT2D eigenvalue weighted by Crippen LogP contribution is -2.15. The molecule has 0 aliphatic carbocycles. The summed E-state index contributed by atoms with van der Waals surface area (Å²) in [5.74, 6) is -2.30. The van der Waals surface area contributed by atoms with E-state index in [1.54, 1.807) is 12.1 Å². The van der Waals surface area contributed by atoms with Gasteiger partial charge in [-0.25, -0.2) is 0 Å². The lowest BCUT2D eigenvalue weighted by Gasteiger charge is -2.15. The Kier molecular flexibility index (Phi) is 4.35. The van der Waals surface area contributed by atoms with Crippen LogP contribution < -0.4 is 0 Å². The van der Waals surface area contributed by atoms with Crippen LogP contribution in [0.4, 0.5) is 5.69 Å². The molecule has 0 amide bonds. The largest absolute Gasteiger partial charge is 0.502 e. The standard InChI is InChI=1S/C19H15NO5/c21-18-9-8-12(11-17(18)20(24)25)10-16(19(22)23)15-7-3-5-13-4-1-2-6-14(13)15/h1-9,11,16,21H,10H2,(H,22,23). The fourth-order valence-electron chi connectivity index (χ4n) is 2.96. The number of aromatic hydroxyl groups is 1. The molecule has 3 rings (SSSR count). The Morgan fingerprint density at radius 3 is 2.52 bits per heavy atom. The van der Waals surface area contributed by atoms with Gasteiger partial charge in [0.15, 0.2) is 5.75 Å². The van der Waals surface area contributed by atoms with Crippen molar-refractivity contribution in [3.63, 3.8) is 0 Å². The second kappa shape index (κ2) is 6.60. The van der Waals surface area contributed by atoms with Gasteiger partial charge in [-0.3, -0.25) is 14.9 Å². The van der Waals surface area contributed by atoms with Gasteiger partial charge < -0.3 is 10.2 Å². The number of nitro benzene ring substituents is 1. The van der Waals surface area contributed by atoms with Gasteiger partial charge >= 0.3 is 11.7 Å². The monoisotopic (exact) mass is 337 g/mol. The predicted octanol–water partition coefficient (Wildman–Crippen LogP) is 3.86. The summed E-state index contributed by atoms with van der Waals surface area (Å²) in [7, 11) is 0. The third-order valence-electron chi connectivity index (χ3n) is 4.17. The molecule has 0 aliphatic rings. The number of hydrogen-bond donors (Lipinski definition) is 2. The van der Waals surface area contributed by atoms with Gasteiger partial charge in [-0.05, 0) is 34.4 Å². The number of rotatable bonds is 5. The van der Waals surface area contributed by atoms with Crippen molar-refractivity contribution in [1.29, 1.82) is 0 Å². The lowest BCUT2D eigenvalue weighted by atomic mass is 9.88. The van der Waals surface area contributed by atoms with E-state index in [0.29, 0.717) is 11.1 Å². The van der Waals surface area contributed by atoms with Gasteiger partial charge in [0, 0.05) is 6.07 Å². The number of phenolic OH excluding ortho intramolecular Hbond substituents is 1. The fraction of sp³-hybridized carbons (Fsp3) is 0.105. The molecule has 1 atom stereocenters. The molecule has 0 aromatic heterocycles. The lowest BCUT2D eigenvalue weighted by molar-refractivity contribution is -0.385. The molecular weight excluding hydrogens is 322 g/mol. The van der Waals surface area contributed by atoms with Gasteiger partial charge in [0.2, 0.25) is 0 Å². The molecule has 0 heterocycles. The van der Waals surface area contributed by atoms with E-state index in [9.17, 15) is 25.1 Å². The summed E-state index contributed by atoms with van der Waals surface area (Å²) >= 11 is 0. The molecular formula is C19H15NO5. The van der Waals surface area contributed by atoms with Crippen LogP contribution in [0.15, 0.2) is 60.7 Å². The smallest absolute Gasteiger partial charge is 0.311 e. The van der Waals surface area contributed by atoms with Crippen LogP contribution in [0, 0.1) is 10.1 Å². The minimum absolute atomic E-state index is 0.0878. The van der Waals surface area contributed by atoms with Crippen molar-refractivity contribution in [1.82, 2.24) is 0 Å². The van der Waals surface area contributed by atoms with E-state index in [4.69, 9.17) is 0 Å². The van der Waals surface area contributed by atoms with Crippen LogP contribution >= 0.6 is 0 Å². The van der Waals surface area contributed by atoms with Crippen molar-refractivity contribution in [2.75, 3.05) is 0 Å². The normalized spacial score (nSPS) is 12.0. The Balaban J connectivity index is 2.04. The minimum Gasteiger partial charge on any atom is -0.502 e. The number of carbonyl (C=O) groups is 1. The molecule has 0 bridgehead atoms. The van der Waals surface area contributed by atoms with Gasteiger partial charge in [0.1, 0.15) is 0 Å². The molecule has 126 valence electrons. The quantitative estimate of drug-likeness (QED) is 0.544. The third-order valence-corrected chi connectivity index (χ3v) is 4.17. The second-order valence-electron chi connectivity index (χ2n) is 5.74. The van der Waals surface area contributed by atoms with E-state index in [1.807, 2.05) is 30.3 Å². The SMILES string of the molecule is O=C(O)C(Cc1ccc(O)c([N+](=O)[O-])c1)c1cccc2ccccc12. The molecule has 1 unspecified atom stereocenters. The minimum atomic E-state index is -1.01. The summed E-state index contributed by atoms with van der Waals surface area (Å²) in [6.07, 6.45) is 0.0878. The average molecular weight is 337 g/mol. The number of nitro groups is 1. The third kappa shape index (κ3) is 3.28. The number of carboxylic acid groups (broad SMARTS) is 1. The highest BCUT2D eigenvalue weighted by molar-refractivity contribution is 5.90. The van der Waals surface area contributed by atoms with E-state index in [1.165, 1.54) is 18.2 Å². The summed E-state index contributed by atoms with van der Waals surface area (Å²) in [4.78, 5) is 22.1. The van der Waals surface area contributed by atoms with Crippen molar-refractivity contribution >= 4 is 22.4 Å². The first kappa shape index (κ1) is 16.4. The summed E-state index contributed by atoms with van der Waals surface area (Å²) in [5, 5.41) is 32.0. The molecule has 25 heavy (non-hydrogen) atoms. The highest BCUT2D eigenvalue weighted by Crippen LogP contribution is 2.32. The number of aliphatic carboxylic acids is 1. The van der Waals surface area contributed by atoms with E-state index < -0.39 is 28.2 Å². The van der Waals surface area contributed by atoms with Crippen LogP contribution in [-0.4, -0.2) is 21.1 Å². The molecule has 0 saturated carbocycles. The van der Waals surface area contributed by atoms with Crippen LogP contribution in [0.2, 0.25) is 0 Å². The van der Waals surface area contributed by atoms with Gasteiger partial charge in [-0.2, -0.15) is 0 Å². The van der Waals surface area contributed by atoms with Crippen molar-refractivity contribution < 1.29 is 19.9 Å². The second-order valence-corrected chi connectivity index (χ2v) is 5.74. The van der Waals surface area contributed by atoms with Gasteiger partial charge in [0.05, 0.1) is 10.8 Å². The van der Waals surface area contributed by atoms with Crippen LogP contribution in [0.1, 0.15) is 17.0 Å². The van der Waals surface area contributed by atoms with Crippen molar-refractivity contribution in [3.8, 4) is 5.75 Å². The first-order valence-corrected chi connectivity index (χ1v) is 7.64. The van der Waals surface area contributed by atoms with Crippen molar-refractivity contribution in [2.24, 2.45) is 0 Å². The molecule has 2 N–H and O–H groups in total. The molecule has 0 spiro atoms. The van der Waals surface area contributed by atoms with Crippen LogP contribution in [0.3, 0.4) is 0 Å². The molecule has 0 fully saturated rings. The summed E-state index contributed by atoms with van der Waals surface area (Å²) in [6, 6.07) is 16.9. The Hall–Kier alpha value is -3.41. The molecule has 0 saturated heterocycles. The maximum absolute atomic E-state index is 11.9. The first-order chi connectivity index (χ1) is 12.0. The molecule has 0 radical (unpaired) electrons. The topological polar surface area (TPSA) is 101 Å². The highest BCUT2D eigenvalue weighted by Gasteiger charge is 2.24. The molecule has 3 aromatic rings. The zero-order valence-corrected chi connectivity index (χ0v) is 13.1. The zero-order chi connectivity index (χ0) is 18.0. The Morgan fingerprint density at radius 2 is 1.80 bits per heavy atom. The number of benzene rings is 3. The van der Waals surface area contributed by atoms with E-state index >= 15 is 0 Å². The van der Waals surface area contributed by atoms with Crippen LogP contribution in [-0.2, 0) is 11.2 Å². The molecule has 6 nitrogen and oxygen atoms in total. The average Bonchev–Trinajstić information content (AvgIpc) is 2.60. The Morgan fingerprint density at radius 1 is 1.08 bits per heavy atom. The predicted molar refractivity (Wildman–Crippen MR) is 92.8 cm³/mol. The van der Waals surface area contributed by atoms with Crippen molar-refractivity contribution in [3.05, 3.63) is 81.9 Å². The van der Waals surface area contributed by atoms with E-state index in [-0.39, 0.29) is 6.42 Å². The number of nitrogens with zero attached hydrogens (tertiary/aromatic N) is 1. The maximum Gasteiger partial charge on any atom is 0.311 e. The molecule has 6 heteroatoms. The number of carboxylic acids is 1.